The van der Waals surface area contributed by atoms with Crippen LogP contribution in [0.1, 0.15) is 11.3 Å². The third-order valence-electron chi connectivity index (χ3n) is 4.14. The van der Waals surface area contributed by atoms with Gasteiger partial charge in [0.25, 0.3) is 5.56 Å². The Hall–Kier alpha value is -3.52. The quantitative estimate of drug-likeness (QED) is 0.558. The third kappa shape index (κ3) is 3.77. The number of nitrogens with one attached hydrogen (secondary N) is 2. The topological polar surface area (TPSA) is 88.4 Å². The van der Waals surface area contributed by atoms with Crippen molar-refractivity contribution in [1.82, 2.24) is 19.9 Å². The second kappa shape index (κ2) is 7.61. The number of aromatic nitrogens is 3. The molecule has 7 nitrogen and oxygen atoms in total. The number of anilines is 1. The Kier molecular flexibility index (Phi) is 4.86. The lowest BCUT2D eigenvalue weighted by molar-refractivity contribution is 0.251. The van der Waals surface area contributed by atoms with E-state index < -0.39 is 0 Å². The van der Waals surface area contributed by atoms with Crippen LogP contribution in [0.5, 0.6) is 0 Å². The highest BCUT2D eigenvalue weighted by Crippen LogP contribution is 2.26. The first-order valence-corrected chi connectivity index (χ1v) is 9.47. The maximum Gasteiger partial charge on any atom is 0.319 e. The van der Waals surface area contributed by atoms with Gasteiger partial charge in [-0.15, -0.1) is 0 Å². The van der Waals surface area contributed by atoms with E-state index in [-0.39, 0.29) is 18.1 Å². The summed E-state index contributed by atoms with van der Waals surface area (Å²) in [5.74, 6) is 0. The van der Waals surface area contributed by atoms with Crippen LogP contribution in [-0.4, -0.2) is 20.6 Å². The van der Waals surface area contributed by atoms with Crippen LogP contribution in [0.15, 0.2) is 65.5 Å². The fourth-order valence-corrected chi connectivity index (χ4v) is 3.75. The number of carbonyl (C=O) groups excluding carboxylic acids is 1. The van der Waals surface area contributed by atoms with Gasteiger partial charge >= 0.3 is 6.03 Å². The summed E-state index contributed by atoms with van der Waals surface area (Å²) in [7, 11) is 0. The molecule has 0 saturated heterocycles. The molecule has 0 spiro atoms. The first-order chi connectivity index (χ1) is 13.6. The Labute approximate surface area is 164 Å². The zero-order chi connectivity index (χ0) is 19.5. The van der Waals surface area contributed by atoms with Crippen LogP contribution in [0.3, 0.4) is 0 Å². The molecule has 2 amide bonds. The van der Waals surface area contributed by atoms with E-state index in [2.05, 4.69) is 20.7 Å². The van der Waals surface area contributed by atoms with Gasteiger partial charge in [0.15, 0.2) is 0 Å². The predicted molar refractivity (Wildman–Crippen MR) is 110 cm³/mol. The molecule has 0 fully saturated rings. The second-order valence-corrected chi connectivity index (χ2v) is 7.13. The van der Waals surface area contributed by atoms with Crippen molar-refractivity contribution in [2.24, 2.45) is 0 Å². The SMILES string of the molecule is Cc1ccccc1-c1nn2c(=O)cc(CNC(=O)Nc3ccccc3)nc2s1. The molecule has 8 heteroatoms. The molecule has 2 aromatic heterocycles. The molecule has 0 saturated carbocycles. The molecule has 0 aliphatic rings. The van der Waals surface area contributed by atoms with Crippen molar-refractivity contribution in [2.75, 3.05) is 5.32 Å². The molecule has 0 aliphatic heterocycles. The minimum Gasteiger partial charge on any atom is -0.332 e. The summed E-state index contributed by atoms with van der Waals surface area (Å²) in [5.41, 5.74) is 2.94. The molecule has 0 aliphatic carbocycles. The third-order valence-corrected chi connectivity index (χ3v) is 5.08. The highest BCUT2D eigenvalue weighted by atomic mass is 32.1. The average molecular weight is 391 g/mol. The smallest absolute Gasteiger partial charge is 0.319 e. The van der Waals surface area contributed by atoms with Gasteiger partial charge in [0.1, 0.15) is 5.01 Å². The number of urea groups is 1. The molecule has 0 unspecified atom stereocenters. The molecule has 2 N–H and O–H groups in total. The summed E-state index contributed by atoms with van der Waals surface area (Å²) in [5, 5.41) is 10.6. The number of hydrogen-bond donors (Lipinski definition) is 2. The van der Waals surface area contributed by atoms with Gasteiger partial charge in [0, 0.05) is 17.3 Å². The van der Waals surface area contributed by atoms with Gasteiger partial charge in [-0.25, -0.2) is 9.78 Å². The van der Waals surface area contributed by atoms with Crippen molar-refractivity contribution >= 4 is 28.0 Å². The summed E-state index contributed by atoms with van der Waals surface area (Å²) in [6, 6.07) is 18.0. The number of rotatable bonds is 4. The average Bonchev–Trinajstić information content (AvgIpc) is 3.12. The molecule has 0 radical (unpaired) electrons. The number of amides is 2. The number of nitrogens with zero attached hydrogens (tertiary/aromatic N) is 3. The summed E-state index contributed by atoms with van der Waals surface area (Å²) < 4.78 is 1.29. The van der Waals surface area contributed by atoms with E-state index in [4.69, 9.17) is 0 Å². The van der Waals surface area contributed by atoms with E-state index >= 15 is 0 Å². The van der Waals surface area contributed by atoms with E-state index in [1.807, 2.05) is 49.4 Å². The molecular weight excluding hydrogens is 374 g/mol. The minimum atomic E-state index is -0.363. The first kappa shape index (κ1) is 17.9. The van der Waals surface area contributed by atoms with Gasteiger partial charge in [0.05, 0.1) is 12.2 Å². The van der Waals surface area contributed by atoms with Gasteiger partial charge in [-0.05, 0) is 24.6 Å². The van der Waals surface area contributed by atoms with Crippen LogP contribution in [0.2, 0.25) is 0 Å². The lowest BCUT2D eigenvalue weighted by Crippen LogP contribution is -2.29. The molecular formula is C20H17N5O2S. The van der Waals surface area contributed by atoms with Gasteiger partial charge in [0.2, 0.25) is 4.96 Å². The van der Waals surface area contributed by atoms with E-state index in [0.29, 0.717) is 16.3 Å². The van der Waals surface area contributed by atoms with E-state index in [0.717, 1.165) is 16.1 Å². The van der Waals surface area contributed by atoms with Crippen LogP contribution in [-0.2, 0) is 6.54 Å². The van der Waals surface area contributed by atoms with Crippen molar-refractivity contribution in [2.45, 2.75) is 13.5 Å². The number of benzene rings is 2. The molecule has 0 atom stereocenters. The van der Waals surface area contributed by atoms with E-state index in [9.17, 15) is 9.59 Å². The molecule has 140 valence electrons. The number of carbonyl (C=O) groups is 1. The molecule has 2 heterocycles. The Bertz CT molecular complexity index is 1200. The molecule has 0 bridgehead atoms. The van der Waals surface area contributed by atoms with Crippen LogP contribution < -0.4 is 16.2 Å². The number of fused-ring (bicyclic) bond motifs is 1. The lowest BCUT2D eigenvalue weighted by Gasteiger charge is -2.06. The molecule has 28 heavy (non-hydrogen) atoms. The van der Waals surface area contributed by atoms with Crippen molar-refractivity contribution in [3.63, 3.8) is 0 Å². The maximum atomic E-state index is 12.4. The normalized spacial score (nSPS) is 10.8. The van der Waals surface area contributed by atoms with E-state index in [1.54, 1.807) is 12.1 Å². The highest BCUT2D eigenvalue weighted by molar-refractivity contribution is 7.19. The monoisotopic (exact) mass is 391 g/mol. The highest BCUT2D eigenvalue weighted by Gasteiger charge is 2.12. The molecule has 4 rings (SSSR count). The second-order valence-electron chi connectivity index (χ2n) is 6.18. The Morgan fingerprint density at radius 2 is 1.86 bits per heavy atom. The minimum absolute atomic E-state index is 0.141. The largest absolute Gasteiger partial charge is 0.332 e. The van der Waals surface area contributed by atoms with Crippen LogP contribution in [0, 0.1) is 6.92 Å². The van der Waals surface area contributed by atoms with E-state index in [1.165, 1.54) is 21.9 Å². The standard InChI is InChI=1S/C20H17N5O2S/c1-13-7-5-6-10-16(13)18-24-25-17(26)11-15(23-20(25)28-18)12-21-19(27)22-14-8-3-2-4-9-14/h2-11H,12H2,1H3,(H2,21,22,27). The number of hydrogen-bond acceptors (Lipinski definition) is 5. The predicted octanol–water partition coefficient (Wildman–Crippen LogP) is 3.45. The van der Waals surface area contributed by atoms with Crippen LogP contribution in [0.25, 0.3) is 15.5 Å². The van der Waals surface area contributed by atoms with Gasteiger partial charge < -0.3 is 10.6 Å². The Morgan fingerprint density at radius 3 is 2.64 bits per heavy atom. The molecule has 2 aromatic carbocycles. The van der Waals surface area contributed by atoms with Crippen LogP contribution in [0.4, 0.5) is 10.5 Å². The van der Waals surface area contributed by atoms with Gasteiger partial charge in [-0.2, -0.15) is 9.61 Å². The summed E-state index contributed by atoms with van der Waals surface area (Å²) >= 11 is 1.34. The van der Waals surface area contributed by atoms with Crippen LogP contribution >= 0.6 is 11.3 Å². The van der Waals surface area contributed by atoms with Gasteiger partial charge in [-0.3, -0.25) is 4.79 Å². The van der Waals surface area contributed by atoms with Crippen molar-refractivity contribution in [1.29, 1.82) is 0 Å². The summed E-state index contributed by atoms with van der Waals surface area (Å²) in [6.45, 7) is 2.14. The number of para-hydroxylation sites is 1. The van der Waals surface area contributed by atoms with Crippen molar-refractivity contribution in [3.8, 4) is 10.6 Å². The van der Waals surface area contributed by atoms with Crippen molar-refractivity contribution < 1.29 is 4.79 Å². The summed E-state index contributed by atoms with van der Waals surface area (Å²) in [4.78, 5) is 29.4. The number of aryl methyl sites for hydroxylation is 1. The van der Waals surface area contributed by atoms with Gasteiger partial charge in [-0.1, -0.05) is 53.8 Å². The first-order valence-electron chi connectivity index (χ1n) is 8.66. The Balaban J connectivity index is 1.53. The van der Waals surface area contributed by atoms with Crippen molar-refractivity contribution in [3.05, 3.63) is 82.3 Å². The lowest BCUT2D eigenvalue weighted by atomic mass is 10.1. The molecule has 4 aromatic rings. The zero-order valence-corrected chi connectivity index (χ0v) is 15.9. The fourth-order valence-electron chi connectivity index (χ4n) is 2.74. The Morgan fingerprint density at radius 1 is 1.11 bits per heavy atom. The zero-order valence-electron chi connectivity index (χ0n) is 15.0. The summed E-state index contributed by atoms with van der Waals surface area (Å²) in [6.07, 6.45) is 0. The fraction of sp³-hybridized carbons (Fsp3) is 0.100. The maximum absolute atomic E-state index is 12.4.